The fourth-order valence-electron chi connectivity index (χ4n) is 6.97. The van der Waals surface area contributed by atoms with Crippen molar-refractivity contribution in [3.05, 3.63) is 155 Å². The summed E-state index contributed by atoms with van der Waals surface area (Å²) in [6.07, 6.45) is -4.53. The molecule has 0 bridgehead atoms. The second kappa shape index (κ2) is 14.1. The van der Waals surface area contributed by atoms with Crippen molar-refractivity contribution in [3.8, 4) is 17.2 Å². The van der Waals surface area contributed by atoms with Gasteiger partial charge < -0.3 is 19.7 Å². The highest BCUT2D eigenvalue weighted by Gasteiger charge is 2.44. The first-order valence-electron chi connectivity index (χ1n) is 17.5. The molecule has 1 amide bonds. The Morgan fingerprint density at radius 3 is 2.28 bits per heavy atom. The van der Waals surface area contributed by atoms with Gasteiger partial charge in [-0.1, -0.05) is 72.8 Å². The number of para-hydroxylation sites is 3. The molecule has 6 aromatic rings. The lowest BCUT2D eigenvalue weighted by Crippen LogP contribution is -2.42. The van der Waals surface area contributed by atoms with Gasteiger partial charge in [0.1, 0.15) is 0 Å². The highest BCUT2D eigenvalue weighted by Crippen LogP contribution is 2.51. The molecule has 8 rings (SSSR count). The summed E-state index contributed by atoms with van der Waals surface area (Å²) >= 11 is 0. The van der Waals surface area contributed by atoms with Crippen LogP contribution >= 0.6 is 0 Å². The molecule has 0 aliphatic carbocycles. The van der Waals surface area contributed by atoms with Crippen LogP contribution < -0.4 is 24.6 Å². The molecule has 0 fully saturated rings. The minimum atomic E-state index is -4.53. The van der Waals surface area contributed by atoms with Crippen LogP contribution in [0.2, 0.25) is 0 Å². The average molecular weight is 729 g/mol. The number of benzene rings is 5. The summed E-state index contributed by atoms with van der Waals surface area (Å²) in [5.41, 5.74) is 5.78. The molecule has 0 radical (unpaired) electrons. The number of amides is 1. The Bertz CT molecular complexity index is 2360. The topological polar surface area (TPSA) is 84.2 Å². The third-order valence-electron chi connectivity index (χ3n) is 9.31. The van der Waals surface area contributed by atoms with E-state index in [1.165, 1.54) is 12.1 Å². The number of nitrogens with one attached hydrogen (secondary N) is 1. The Balaban J connectivity index is 1.18. The van der Waals surface area contributed by atoms with Crippen molar-refractivity contribution in [2.75, 3.05) is 28.3 Å². The van der Waals surface area contributed by atoms with Crippen LogP contribution in [0.1, 0.15) is 40.9 Å². The van der Waals surface area contributed by atoms with Crippen molar-refractivity contribution in [1.29, 1.82) is 0 Å². The van der Waals surface area contributed by atoms with Crippen LogP contribution in [0, 0.1) is 6.92 Å². The second-order valence-electron chi connectivity index (χ2n) is 12.9. The molecule has 0 spiro atoms. The first-order chi connectivity index (χ1) is 26.2. The van der Waals surface area contributed by atoms with Crippen LogP contribution in [0.25, 0.3) is 5.69 Å². The Labute approximate surface area is 309 Å². The first kappa shape index (κ1) is 34.5. The Kier molecular flexibility index (Phi) is 9.02. The van der Waals surface area contributed by atoms with Crippen LogP contribution in [-0.2, 0) is 17.5 Å². The van der Waals surface area contributed by atoms with E-state index in [4.69, 9.17) is 19.6 Å². The van der Waals surface area contributed by atoms with Crippen molar-refractivity contribution in [2.45, 2.75) is 32.6 Å². The van der Waals surface area contributed by atoms with Gasteiger partial charge in [-0.15, -0.1) is 0 Å². The number of nitrogens with zero attached hydrogens (tertiary/aromatic N) is 5. The lowest BCUT2D eigenvalue weighted by molar-refractivity contribution is -0.137. The third kappa shape index (κ3) is 6.51. The van der Waals surface area contributed by atoms with E-state index in [1.807, 2.05) is 91.3 Å². The van der Waals surface area contributed by atoms with Gasteiger partial charge in [0, 0.05) is 11.3 Å². The number of fused-ring (bicyclic) bond motifs is 4. The number of ether oxygens (including phenoxy) is 2. The zero-order chi connectivity index (χ0) is 37.4. The predicted molar refractivity (Wildman–Crippen MR) is 202 cm³/mol. The molecule has 272 valence electrons. The standard InChI is InChI=1S/C42H35F3N6O3/c1-3-53-36-23-29(21-22-35(36)54-26-37(52)46-31-16-12-15-30(24-31)42(43,44)45)39-38-27(2)48-51(32-17-8-5-9-18-32)40(38)47-41-49(25-28-13-6-4-7-14-28)33-19-10-11-20-34(33)50(39)41/h4-24,39H,3,25-26H2,1-2H3,(H,46,52). The van der Waals surface area contributed by atoms with Gasteiger partial charge in [0.15, 0.2) is 23.9 Å². The maximum absolute atomic E-state index is 13.2. The van der Waals surface area contributed by atoms with Crippen molar-refractivity contribution < 1.29 is 27.4 Å². The number of aromatic nitrogens is 2. The SMILES string of the molecule is CCOc1cc(C2c3c(C)nn(-c4ccccc4)c3N=C3N(Cc4ccccc4)c4ccccc4N32)ccc1OCC(=O)Nc1cccc(C(F)(F)F)c1. The van der Waals surface area contributed by atoms with Gasteiger partial charge in [-0.2, -0.15) is 23.3 Å². The summed E-state index contributed by atoms with van der Waals surface area (Å²) in [6, 6.07) is 38.1. The molecule has 54 heavy (non-hydrogen) atoms. The molecule has 0 saturated heterocycles. The molecule has 1 aromatic heterocycles. The quantitative estimate of drug-likeness (QED) is 0.152. The van der Waals surface area contributed by atoms with Gasteiger partial charge in [0.2, 0.25) is 5.96 Å². The van der Waals surface area contributed by atoms with E-state index < -0.39 is 24.3 Å². The molecule has 12 heteroatoms. The first-order valence-corrected chi connectivity index (χ1v) is 17.5. The summed E-state index contributed by atoms with van der Waals surface area (Å²) in [4.78, 5) is 22.7. The number of halogens is 3. The average Bonchev–Trinajstić information content (AvgIpc) is 3.68. The minimum absolute atomic E-state index is 0.0167. The number of hydrogen-bond acceptors (Lipinski definition) is 7. The van der Waals surface area contributed by atoms with E-state index in [0.717, 1.165) is 57.5 Å². The number of carbonyl (C=O) groups is 1. The number of hydrogen-bond donors (Lipinski definition) is 1. The Hall–Kier alpha value is -6.56. The summed E-state index contributed by atoms with van der Waals surface area (Å²) < 4.78 is 53.6. The van der Waals surface area contributed by atoms with Crippen LogP contribution in [-0.4, -0.2) is 34.9 Å². The number of rotatable bonds is 10. The maximum atomic E-state index is 13.2. The van der Waals surface area contributed by atoms with E-state index in [0.29, 0.717) is 30.5 Å². The van der Waals surface area contributed by atoms with Gasteiger partial charge in [-0.05, 0) is 79.6 Å². The molecule has 1 unspecified atom stereocenters. The number of aryl methyl sites for hydroxylation is 1. The normalized spacial score (nSPS) is 14.5. The van der Waals surface area contributed by atoms with E-state index >= 15 is 0 Å². The predicted octanol–water partition coefficient (Wildman–Crippen LogP) is 9.23. The fourth-order valence-corrected chi connectivity index (χ4v) is 6.97. The van der Waals surface area contributed by atoms with Gasteiger partial charge in [-0.25, -0.2) is 4.68 Å². The molecular weight excluding hydrogens is 693 g/mol. The highest BCUT2D eigenvalue weighted by atomic mass is 19.4. The maximum Gasteiger partial charge on any atom is 0.416 e. The molecular formula is C42H35F3N6O3. The van der Waals surface area contributed by atoms with E-state index in [9.17, 15) is 18.0 Å². The van der Waals surface area contributed by atoms with Gasteiger partial charge in [0.25, 0.3) is 5.91 Å². The Morgan fingerprint density at radius 2 is 1.54 bits per heavy atom. The van der Waals surface area contributed by atoms with E-state index in [2.05, 4.69) is 39.4 Å². The summed E-state index contributed by atoms with van der Waals surface area (Å²) in [7, 11) is 0. The molecule has 9 nitrogen and oxygen atoms in total. The van der Waals surface area contributed by atoms with Gasteiger partial charge in [-0.3, -0.25) is 9.69 Å². The highest BCUT2D eigenvalue weighted by molar-refractivity contribution is 6.18. The molecule has 2 aliphatic rings. The van der Waals surface area contributed by atoms with Crippen LogP contribution in [0.15, 0.2) is 132 Å². The number of carbonyl (C=O) groups excluding carboxylic acids is 1. The lowest BCUT2D eigenvalue weighted by Gasteiger charge is -2.35. The largest absolute Gasteiger partial charge is 0.490 e. The number of anilines is 3. The summed E-state index contributed by atoms with van der Waals surface area (Å²) in [5, 5.41) is 7.50. The zero-order valence-electron chi connectivity index (χ0n) is 29.4. The van der Waals surface area contributed by atoms with E-state index in [1.54, 1.807) is 6.07 Å². The summed E-state index contributed by atoms with van der Waals surface area (Å²) in [6.45, 7) is 4.30. The van der Waals surface area contributed by atoms with Gasteiger partial charge in [0.05, 0.1) is 47.5 Å². The lowest BCUT2D eigenvalue weighted by atomic mass is 9.95. The second-order valence-corrected chi connectivity index (χ2v) is 12.9. The fraction of sp³-hybridized carbons (Fsp3) is 0.167. The molecule has 3 heterocycles. The van der Waals surface area contributed by atoms with Crippen molar-refractivity contribution in [2.24, 2.45) is 4.99 Å². The molecule has 1 N–H and O–H groups in total. The molecule has 5 aromatic carbocycles. The van der Waals surface area contributed by atoms with Gasteiger partial charge >= 0.3 is 6.18 Å². The van der Waals surface area contributed by atoms with Crippen LogP contribution in [0.4, 0.5) is 36.1 Å². The number of aliphatic imine (C=N–C) groups is 1. The Morgan fingerprint density at radius 1 is 0.815 bits per heavy atom. The third-order valence-corrected chi connectivity index (χ3v) is 9.31. The van der Waals surface area contributed by atoms with E-state index in [-0.39, 0.29) is 11.7 Å². The van der Waals surface area contributed by atoms with Crippen LogP contribution in [0.3, 0.4) is 0 Å². The molecule has 2 aliphatic heterocycles. The smallest absolute Gasteiger partial charge is 0.416 e. The molecule has 0 saturated carbocycles. The number of guanidine groups is 1. The van der Waals surface area contributed by atoms with Crippen molar-refractivity contribution in [1.82, 2.24) is 9.78 Å². The zero-order valence-corrected chi connectivity index (χ0v) is 29.4. The minimum Gasteiger partial charge on any atom is -0.490 e. The van der Waals surface area contributed by atoms with Crippen LogP contribution in [0.5, 0.6) is 11.5 Å². The van der Waals surface area contributed by atoms with Crippen molar-refractivity contribution >= 4 is 34.7 Å². The van der Waals surface area contributed by atoms with Crippen molar-refractivity contribution in [3.63, 3.8) is 0 Å². The number of alkyl halides is 3. The molecule has 1 atom stereocenters. The monoisotopic (exact) mass is 728 g/mol. The summed E-state index contributed by atoms with van der Waals surface area (Å²) in [5.74, 6) is 1.57.